The molecule has 6 atom stereocenters. The Kier molecular flexibility index (Phi) is 3.38. The van der Waals surface area contributed by atoms with E-state index in [1.165, 1.54) is 23.7 Å². The highest BCUT2D eigenvalue weighted by Crippen LogP contribution is 2.63. The molecule has 5 rings (SSSR count). The monoisotopic (exact) mass is 286 g/mol. The summed E-state index contributed by atoms with van der Waals surface area (Å²) in [5.74, 6) is 9.37. The molecule has 0 saturated heterocycles. The van der Waals surface area contributed by atoms with Crippen molar-refractivity contribution < 1.29 is 0 Å². The highest BCUT2D eigenvalue weighted by molar-refractivity contribution is 5.04. The van der Waals surface area contributed by atoms with Gasteiger partial charge < -0.3 is 0 Å². The second-order valence-electron chi connectivity index (χ2n) is 9.49. The normalized spacial score (nSPS) is 56.0. The summed E-state index contributed by atoms with van der Waals surface area (Å²) in [7, 11) is 0. The maximum Gasteiger partial charge on any atom is -0.0318 e. The van der Waals surface area contributed by atoms with Crippen LogP contribution in [0.4, 0.5) is 0 Å². The lowest BCUT2D eigenvalue weighted by Gasteiger charge is -2.61. The molecule has 0 N–H and O–H groups in total. The predicted octanol–water partition coefficient (Wildman–Crippen LogP) is 6.06. The Morgan fingerprint density at radius 3 is 1.43 bits per heavy atom. The smallest absolute Gasteiger partial charge is 0.0318 e. The summed E-state index contributed by atoms with van der Waals surface area (Å²) in [4.78, 5) is 0. The third kappa shape index (κ3) is 2.07. The summed E-state index contributed by atoms with van der Waals surface area (Å²) in [5, 5.41) is 0. The van der Waals surface area contributed by atoms with Crippen LogP contribution in [0.2, 0.25) is 0 Å². The van der Waals surface area contributed by atoms with Crippen LogP contribution in [0.5, 0.6) is 0 Å². The lowest BCUT2D eigenvalue weighted by atomic mass is 9.44. The van der Waals surface area contributed by atoms with Crippen molar-refractivity contribution >= 4 is 0 Å². The van der Waals surface area contributed by atoms with Crippen LogP contribution in [-0.2, 0) is 0 Å². The largest absolute Gasteiger partial charge is 0.0530 e. The summed E-state index contributed by atoms with van der Waals surface area (Å²) in [6.45, 7) is 0. The number of rotatable bonds is 0. The van der Waals surface area contributed by atoms with Crippen molar-refractivity contribution in [3.05, 3.63) is 0 Å². The van der Waals surface area contributed by atoms with E-state index in [0.29, 0.717) is 0 Å². The van der Waals surface area contributed by atoms with E-state index in [4.69, 9.17) is 0 Å². The van der Waals surface area contributed by atoms with Crippen molar-refractivity contribution in [3.63, 3.8) is 0 Å². The van der Waals surface area contributed by atoms with Gasteiger partial charge in [-0.2, -0.15) is 0 Å². The Bertz CT molecular complexity index is 351. The van der Waals surface area contributed by atoms with E-state index in [0.717, 1.165) is 23.7 Å². The van der Waals surface area contributed by atoms with Gasteiger partial charge in [-0.05, 0) is 73.0 Å². The second kappa shape index (κ2) is 5.27. The predicted molar refractivity (Wildman–Crippen MR) is 87.9 cm³/mol. The van der Waals surface area contributed by atoms with Gasteiger partial charge >= 0.3 is 0 Å². The van der Waals surface area contributed by atoms with Crippen LogP contribution >= 0.6 is 0 Å². The maximum atomic E-state index is 1.65. The molecule has 0 aromatic heterocycles. The Morgan fingerprint density at radius 1 is 0.381 bits per heavy atom. The molecule has 0 spiro atoms. The van der Waals surface area contributed by atoms with Gasteiger partial charge in [0.2, 0.25) is 0 Å². The molecule has 21 heavy (non-hydrogen) atoms. The van der Waals surface area contributed by atoms with Crippen molar-refractivity contribution in [2.75, 3.05) is 0 Å². The first-order valence-electron chi connectivity index (χ1n) is 10.4. The molecule has 5 aliphatic carbocycles. The SMILES string of the molecule is C1CCC2C(C1)CC1CCCC3CC4CCCCC4C2C13. The number of fused-ring (bicyclic) bond motifs is 4. The van der Waals surface area contributed by atoms with E-state index in [-0.39, 0.29) is 0 Å². The second-order valence-corrected chi connectivity index (χ2v) is 9.49. The van der Waals surface area contributed by atoms with E-state index in [1.54, 1.807) is 83.5 Å². The molecule has 118 valence electrons. The third-order valence-corrected chi connectivity index (χ3v) is 8.82. The summed E-state index contributed by atoms with van der Waals surface area (Å²) in [6, 6.07) is 0. The molecule has 5 saturated carbocycles. The number of hydrogen-bond acceptors (Lipinski definition) is 0. The molecule has 0 amide bonds. The van der Waals surface area contributed by atoms with Crippen LogP contribution in [-0.4, -0.2) is 0 Å². The standard InChI is InChI=1S/C21H34/c1-3-10-18-14(6-1)12-16-8-5-9-17-13-15-7-2-4-11-19(15)21(18)20(16)17/h14-21H,1-13H2. The minimum atomic E-state index is 1.16. The van der Waals surface area contributed by atoms with Crippen LogP contribution in [0.1, 0.15) is 83.5 Å². The number of hydrogen-bond donors (Lipinski definition) is 0. The minimum Gasteiger partial charge on any atom is -0.0530 e. The van der Waals surface area contributed by atoms with Crippen LogP contribution in [0.15, 0.2) is 0 Å². The molecule has 0 radical (unpaired) electrons. The molecule has 0 nitrogen and oxygen atoms in total. The van der Waals surface area contributed by atoms with Crippen molar-refractivity contribution in [1.29, 1.82) is 0 Å². The van der Waals surface area contributed by atoms with Gasteiger partial charge in [0, 0.05) is 0 Å². The molecule has 5 aliphatic rings. The molecule has 0 heteroatoms. The molecule has 0 heterocycles. The maximum absolute atomic E-state index is 1.65. The van der Waals surface area contributed by atoms with Gasteiger partial charge in [0.25, 0.3) is 0 Å². The average Bonchev–Trinajstić information content (AvgIpc) is 2.54. The Morgan fingerprint density at radius 2 is 0.857 bits per heavy atom. The van der Waals surface area contributed by atoms with Gasteiger partial charge in [0.05, 0.1) is 0 Å². The van der Waals surface area contributed by atoms with Crippen LogP contribution in [0.3, 0.4) is 0 Å². The topological polar surface area (TPSA) is 0 Å². The van der Waals surface area contributed by atoms with Crippen LogP contribution in [0, 0.1) is 47.3 Å². The van der Waals surface area contributed by atoms with Gasteiger partial charge in [-0.1, -0.05) is 57.8 Å². The first-order chi connectivity index (χ1) is 10.4. The van der Waals surface area contributed by atoms with Crippen LogP contribution < -0.4 is 0 Å². The summed E-state index contributed by atoms with van der Waals surface area (Å²) < 4.78 is 0. The molecular formula is C21H34. The van der Waals surface area contributed by atoms with Crippen molar-refractivity contribution in [2.45, 2.75) is 83.5 Å². The van der Waals surface area contributed by atoms with E-state index >= 15 is 0 Å². The van der Waals surface area contributed by atoms with Crippen molar-refractivity contribution in [2.24, 2.45) is 47.3 Å². The van der Waals surface area contributed by atoms with E-state index in [1.807, 2.05) is 0 Å². The van der Waals surface area contributed by atoms with Crippen LogP contribution in [0.25, 0.3) is 0 Å². The van der Waals surface area contributed by atoms with Crippen molar-refractivity contribution in [3.8, 4) is 0 Å². The zero-order valence-corrected chi connectivity index (χ0v) is 13.8. The van der Waals surface area contributed by atoms with Gasteiger partial charge in [0.1, 0.15) is 0 Å². The summed E-state index contributed by atoms with van der Waals surface area (Å²) in [5.41, 5.74) is 0. The quantitative estimate of drug-likeness (QED) is 0.508. The molecule has 5 fully saturated rings. The Hall–Kier alpha value is 0. The Labute approximate surface area is 131 Å². The molecule has 0 bridgehead atoms. The first kappa shape index (κ1) is 13.4. The van der Waals surface area contributed by atoms with E-state index in [9.17, 15) is 0 Å². The van der Waals surface area contributed by atoms with Gasteiger partial charge in [-0.3, -0.25) is 0 Å². The lowest BCUT2D eigenvalue weighted by molar-refractivity contribution is -0.123. The highest BCUT2D eigenvalue weighted by atomic mass is 14.6. The molecule has 0 aromatic carbocycles. The first-order valence-corrected chi connectivity index (χ1v) is 10.4. The van der Waals surface area contributed by atoms with E-state index < -0.39 is 0 Å². The molecule has 0 aliphatic heterocycles. The van der Waals surface area contributed by atoms with E-state index in [2.05, 4.69) is 0 Å². The Balaban J connectivity index is 1.51. The third-order valence-electron chi connectivity index (χ3n) is 8.82. The average molecular weight is 287 g/mol. The summed E-state index contributed by atoms with van der Waals surface area (Å²) >= 11 is 0. The highest BCUT2D eigenvalue weighted by Gasteiger charge is 2.55. The van der Waals surface area contributed by atoms with Gasteiger partial charge in [0.15, 0.2) is 0 Å². The zero-order valence-electron chi connectivity index (χ0n) is 13.8. The van der Waals surface area contributed by atoms with Crippen molar-refractivity contribution in [1.82, 2.24) is 0 Å². The van der Waals surface area contributed by atoms with Gasteiger partial charge in [-0.15, -0.1) is 0 Å². The summed E-state index contributed by atoms with van der Waals surface area (Å²) in [6.07, 6.45) is 20.8. The fourth-order valence-electron chi connectivity index (χ4n) is 8.33. The molecular weight excluding hydrogens is 252 g/mol. The fraction of sp³-hybridized carbons (Fsp3) is 1.00. The fourth-order valence-corrected chi connectivity index (χ4v) is 8.33. The molecule has 6 unspecified atom stereocenters. The zero-order chi connectivity index (χ0) is 13.8. The van der Waals surface area contributed by atoms with Gasteiger partial charge in [-0.25, -0.2) is 0 Å². The molecule has 0 aromatic rings. The lowest BCUT2D eigenvalue weighted by Crippen LogP contribution is -2.54. The minimum absolute atomic E-state index is 1.16.